The van der Waals surface area contributed by atoms with E-state index in [0.717, 1.165) is 48.6 Å². The standard InChI is InChI=1S/C24H25ClN4O2/c1-16(30)28-22-15-19(18-4-2-5-20(25)14-18)6-7-21(22)23(31)17-8-12-29(13-9-17)24-26-10-3-11-27-24/h2-7,10-11,14-15,17,23,31H,8-9,12-13H2,1H3,(H,28,30). The summed E-state index contributed by atoms with van der Waals surface area (Å²) in [5.74, 6) is 0.637. The van der Waals surface area contributed by atoms with E-state index in [4.69, 9.17) is 11.6 Å². The smallest absolute Gasteiger partial charge is 0.225 e. The highest BCUT2D eigenvalue weighted by atomic mass is 35.5. The maximum absolute atomic E-state index is 11.8. The van der Waals surface area contributed by atoms with Crippen molar-refractivity contribution in [3.63, 3.8) is 0 Å². The van der Waals surface area contributed by atoms with Crippen molar-refractivity contribution in [1.29, 1.82) is 0 Å². The van der Waals surface area contributed by atoms with Crippen LogP contribution in [0.15, 0.2) is 60.9 Å². The van der Waals surface area contributed by atoms with Gasteiger partial charge in [0.05, 0.1) is 6.10 Å². The molecule has 0 radical (unpaired) electrons. The number of hydrogen-bond donors (Lipinski definition) is 2. The minimum Gasteiger partial charge on any atom is -0.388 e. The highest BCUT2D eigenvalue weighted by molar-refractivity contribution is 6.30. The molecule has 0 bridgehead atoms. The van der Waals surface area contributed by atoms with Gasteiger partial charge in [-0.2, -0.15) is 0 Å². The van der Waals surface area contributed by atoms with Crippen LogP contribution >= 0.6 is 11.6 Å². The summed E-state index contributed by atoms with van der Waals surface area (Å²) in [5.41, 5.74) is 3.25. The Balaban J connectivity index is 1.54. The van der Waals surface area contributed by atoms with E-state index in [1.54, 1.807) is 18.5 Å². The lowest BCUT2D eigenvalue weighted by atomic mass is 9.86. The highest BCUT2D eigenvalue weighted by Gasteiger charge is 2.29. The average molecular weight is 437 g/mol. The minimum absolute atomic E-state index is 0.0875. The number of benzene rings is 2. The first-order valence-corrected chi connectivity index (χ1v) is 10.8. The fraction of sp³-hybridized carbons (Fsp3) is 0.292. The van der Waals surface area contributed by atoms with Crippen molar-refractivity contribution in [3.8, 4) is 11.1 Å². The first kappa shape index (κ1) is 21.3. The van der Waals surface area contributed by atoms with E-state index in [9.17, 15) is 9.90 Å². The van der Waals surface area contributed by atoms with E-state index >= 15 is 0 Å². The van der Waals surface area contributed by atoms with E-state index in [1.807, 2.05) is 42.5 Å². The molecule has 2 heterocycles. The Morgan fingerprint density at radius 2 is 1.81 bits per heavy atom. The third-order valence-electron chi connectivity index (χ3n) is 5.66. The molecule has 7 heteroatoms. The number of rotatable bonds is 5. The van der Waals surface area contributed by atoms with Gasteiger partial charge in [0.25, 0.3) is 0 Å². The molecule has 4 rings (SSSR count). The molecule has 0 spiro atoms. The third kappa shape index (κ3) is 5.03. The van der Waals surface area contributed by atoms with Crippen LogP contribution in [0, 0.1) is 5.92 Å². The van der Waals surface area contributed by atoms with Gasteiger partial charge in [-0.15, -0.1) is 0 Å². The molecule has 31 heavy (non-hydrogen) atoms. The van der Waals surface area contributed by atoms with Gasteiger partial charge in [0, 0.05) is 48.7 Å². The second-order valence-electron chi connectivity index (χ2n) is 7.81. The van der Waals surface area contributed by atoms with Crippen LogP contribution in [0.1, 0.15) is 31.4 Å². The Morgan fingerprint density at radius 3 is 2.48 bits per heavy atom. The second-order valence-corrected chi connectivity index (χ2v) is 8.25. The van der Waals surface area contributed by atoms with Crippen LogP contribution in [-0.2, 0) is 4.79 Å². The van der Waals surface area contributed by atoms with E-state index < -0.39 is 6.10 Å². The zero-order chi connectivity index (χ0) is 21.8. The molecule has 2 N–H and O–H groups in total. The number of amides is 1. The molecule has 1 aromatic heterocycles. The number of aliphatic hydroxyl groups excluding tert-OH is 1. The van der Waals surface area contributed by atoms with Crippen molar-refractivity contribution < 1.29 is 9.90 Å². The first-order chi connectivity index (χ1) is 15.0. The van der Waals surface area contributed by atoms with Crippen LogP contribution < -0.4 is 10.2 Å². The number of aliphatic hydroxyl groups is 1. The Hall–Kier alpha value is -2.96. The molecule has 1 saturated heterocycles. The number of carbonyl (C=O) groups is 1. The second kappa shape index (κ2) is 9.45. The molecule has 0 aliphatic carbocycles. The van der Waals surface area contributed by atoms with E-state index in [-0.39, 0.29) is 11.8 Å². The summed E-state index contributed by atoms with van der Waals surface area (Å²) >= 11 is 6.14. The number of nitrogens with one attached hydrogen (secondary N) is 1. The number of halogens is 1. The summed E-state index contributed by atoms with van der Waals surface area (Å²) in [6.45, 7) is 3.03. The maximum Gasteiger partial charge on any atom is 0.225 e. The van der Waals surface area contributed by atoms with Gasteiger partial charge in [-0.1, -0.05) is 35.9 Å². The molecule has 1 aliphatic rings. The fourth-order valence-electron chi connectivity index (χ4n) is 4.08. The molecule has 1 unspecified atom stereocenters. The number of anilines is 2. The molecule has 1 fully saturated rings. The zero-order valence-electron chi connectivity index (χ0n) is 17.3. The Morgan fingerprint density at radius 1 is 1.10 bits per heavy atom. The summed E-state index contributed by atoms with van der Waals surface area (Å²) in [6, 6.07) is 15.1. The van der Waals surface area contributed by atoms with Gasteiger partial charge in [-0.05, 0) is 54.2 Å². The average Bonchev–Trinajstić information content (AvgIpc) is 2.79. The normalized spacial score (nSPS) is 15.5. The summed E-state index contributed by atoms with van der Waals surface area (Å²) in [4.78, 5) is 22.6. The molecule has 0 saturated carbocycles. The zero-order valence-corrected chi connectivity index (χ0v) is 18.1. The van der Waals surface area contributed by atoms with Crippen molar-refractivity contribution in [2.24, 2.45) is 5.92 Å². The Bertz CT molecular complexity index is 1050. The molecule has 1 amide bonds. The SMILES string of the molecule is CC(=O)Nc1cc(-c2cccc(Cl)c2)ccc1C(O)C1CCN(c2ncccn2)CC1. The summed E-state index contributed by atoms with van der Waals surface area (Å²) in [6.07, 6.45) is 4.44. The van der Waals surface area contributed by atoms with Gasteiger partial charge >= 0.3 is 0 Å². The van der Waals surface area contributed by atoms with Gasteiger partial charge in [0.1, 0.15) is 0 Å². The van der Waals surface area contributed by atoms with Crippen molar-refractivity contribution in [2.45, 2.75) is 25.9 Å². The van der Waals surface area contributed by atoms with Gasteiger partial charge in [0.15, 0.2) is 0 Å². The molecule has 160 valence electrons. The van der Waals surface area contributed by atoms with Gasteiger partial charge < -0.3 is 15.3 Å². The summed E-state index contributed by atoms with van der Waals surface area (Å²) < 4.78 is 0. The summed E-state index contributed by atoms with van der Waals surface area (Å²) in [7, 11) is 0. The lowest BCUT2D eigenvalue weighted by Gasteiger charge is -2.34. The predicted octanol–water partition coefficient (Wildman–Crippen LogP) is 4.71. The van der Waals surface area contributed by atoms with Crippen LogP contribution in [0.25, 0.3) is 11.1 Å². The molecule has 3 aromatic rings. The molecular weight excluding hydrogens is 412 g/mol. The lowest BCUT2D eigenvalue weighted by Crippen LogP contribution is -2.36. The number of piperidine rings is 1. The number of aromatic nitrogens is 2. The van der Waals surface area contributed by atoms with Crippen LogP contribution in [0.4, 0.5) is 11.6 Å². The fourth-order valence-corrected chi connectivity index (χ4v) is 4.27. The van der Waals surface area contributed by atoms with Crippen molar-refractivity contribution >= 4 is 29.1 Å². The van der Waals surface area contributed by atoms with E-state index in [1.165, 1.54) is 6.92 Å². The van der Waals surface area contributed by atoms with Crippen LogP contribution in [0.2, 0.25) is 5.02 Å². The van der Waals surface area contributed by atoms with E-state index in [2.05, 4.69) is 20.2 Å². The third-order valence-corrected chi connectivity index (χ3v) is 5.90. The van der Waals surface area contributed by atoms with Crippen LogP contribution in [0.5, 0.6) is 0 Å². The first-order valence-electron chi connectivity index (χ1n) is 10.4. The molecule has 6 nitrogen and oxygen atoms in total. The van der Waals surface area contributed by atoms with Crippen molar-refractivity contribution in [2.75, 3.05) is 23.3 Å². The molecule has 1 aliphatic heterocycles. The number of hydrogen-bond acceptors (Lipinski definition) is 5. The Kier molecular flexibility index (Phi) is 6.49. The van der Waals surface area contributed by atoms with Gasteiger partial charge in [0.2, 0.25) is 11.9 Å². The van der Waals surface area contributed by atoms with E-state index in [0.29, 0.717) is 10.7 Å². The summed E-state index contributed by atoms with van der Waals surface area (Å²) in [5, 5.41) is 14.7. The monoisotopic (exact) mass is 436 g/mol. The van der Waals surface area contributed by atoms with Gasteiger partial charge in [-0.25, -0.2) is 9.97 Å². The molecule has 2 aromatic carbocycles. The lowest BCUT2D eigenvalue weighted by molar-refractivity contribution is -0.114. The highest BCUT2D eigenvalue weighted by Crippen LogP contribution is 2.37. The largest absolute Gasteiger partial charge is 0.388 e. The maximum atomic E-state index is 11.8. The number of nitrogens with zero attached hydrogens (tertiary/aromatic N) is 3. The topological polar surface area (TPSA) is 78.4 Å². The molecule has 1 atom stereocenters. The van der Waals surface area contributed by atoms with Crippen LogP contribution in [-0.4, -0.2) is 34.1 Å². The Labute approximate surface area is 186 Å². The quantitative estimate of drug-likeness (QED) is 0.605. The van der Waals surface area contributed by atoms with Gasteiger partial charge in [-0.3, -0.25) is 4.79 Å². The van der Waals surface area contributed by atoms with Crippen molar-refractivity contribution in [1.82, 2.24) is 9.97 Å². The minimum atomic E-state index is -0.672. The number of carbonyl (C=O) groups excluding carboxylic acids is 1. The van der Waals surface area contributed by atoms with Crippen LogP contribution in [0.3, 0.4) is 0 Å². The predicted molar refractivity (Wildman–Crippen MR) is 123 cm³/mol. The molecular formula is C24H25ClN4O2. The van der Waals surface area contributed by atoms with Crippen molar-refractivity contribution in [3.05, 3.63) is 71.5 Å².